The van der Waals surface area contributed by atoms with Gasteiger partial charge in [-0.25, -0.2) is 0 Å². The van der Waals surface area contributed by atoms with Gasteiger partial charge in [0.05, 0.1) is 32.8 Å². The van der Waals surface area contributed by atoms with E-state index in [2.05, 4.69) is 6.92 Å². The molecule has 33 heavy (non-hydrogen) atoms. The second-order valence-corrected chi connectivity index (χ2v) is 9.90. The van der Waals surface area contributed by atoms with Crippen LogP contribution in [0.5, 0.6) is 5.75 Å². The topological polar surface area (TPSA) is 38.7 Å². The summed E-state index contributed by atoms with van der Waals surface area (Å²) < 4.78 is 13.6. The Morgan fingerprint density at radius 2 is 1.64 bits per heavy atom. The van der Waals surface area contributed by atoms with Crippen LogP contribution in [0.1, 0.15) is 51.0 Å². The van der Waals surface area contributed by atoms with Gasteiger partial charge < -0.3 is 36.0 Å². The van der Waals surface area contributed by atoms with E-state index in [-0.39, 0.29) is 23.1 Å². The van der Waals surface area contributed by atoms with Crippen LogP contribution in [0.25, 0.3) is 0 Å². The monoisotopic (exact) mass is 517 g/mol. The normalized spacial score (nSPS) is 25.8. The number of quaternary nitrogens is 1. The largest absolute Gasteiger partial charge is 1.00 e. The molecule has 3 aliphatic heterocycles. The average molecular weight is 519 g/mol. The molecule has 0 aliphatic carbocycles. The number of hydrogen-bond acceptors (Lipinski definition) is 3. The number of halogens is 1. The molecule has 3 saturated heterocycles. The molecule has 5 heteroatoms. The van der Waals surface area contributed by atoms with Crippen LogP contribution in [0.4, 0.5) is 0 Å². The Balaban J connectivity index is 0.00000306. The SMILES string of the molecule is CCCCC(O)(COC1C[N+]2(CCCOc3ccccc3)CCC1CC2)c1ccccc1.[Br-]. The molecule has 3 heterocycles. The Kier molecular flexibility index (Phi) is 9.81. The van der Waals surface area contributed by atoms with E-state index in [9.17, 15) is 5.11 Å². The molecule has 2 aromatic rings. The first-order valence-electron chi connectivity index (χ1n) is 12.5. The highest BCUT2D eigenvalue weighted by molar-refractivity contribution is 5.22. The quantitative estimate of drug-likeness (QED) is 0.346. The van der Waals surface area contributed by atoms with Gasteiger partial charge in [0, 0.05) is 25.2 Å². The first kappa shape index (κ1) is 26.2. The zero-order valence-corrected chi connectivity index (χ0v) is 21.6. The van der Waals surface area contributed by atoms with Crippen LogP contribution >= 0.6 is 0 Å². The molecule has 4 nitrogen and oxygen atoms in total. The van der Waals surface area contributed by atoms with Gasteiger partial charge in [-0.2, -0.15) is 0 Å². The van der Waals surface area contributed by atoms with Crippen molar-refractivity contribution >= 4 is 0 Å². The van der Waals surface area contributed by atoms with E-state index in [1.807, 2.05) is 60.7 Å². The lowest BCUT2D eigenvalue weighted by molar-refractivity contribution is -0.946. The highest BCUT2D eigenvalue weighted by Gasteiger charge is 2.46. The third-order valence-electron chi connectivity index (χ3n) is 7.62. The molecule has 0 spiro atoms. The smallest absolute Gasteiger partial charge is 0.119 e. The van der Waals surface area contributed by atoms with Crippen LogP contribution < -0.4 is 21.7 Å². The standard InChI is InChI=1S/C28H40NO3.BrH/c1-2-3-17-28(30,25-11-6-4-7-12-25)23-32-27-22-29(19-15-24(27)16-20-29)18-10-21-31-26-13-8-5-9-14-26;/h4-9,11-14,24,27,30H,2-3,10,15-23H2,1H3;1H/q+1;/p-1. The second-order valence-electron chi connectivity index (χ2n) is 9.90. The highest BCUT2D eigenvalue weighted by atomic mass is 79.9. The van der Waals surface area contributed by atoms with Gasteiger partial charge in [-0.05, 0) is 24.1 Å². The first-order chi connectivity index (χ1) is 15.6. The van der Waals surface area contributed by atoms with E-state index in [0.29, 0.717) is 12.5 Å². The lowest BCUT2D eigenvalue weighted by atomic mass is 9.82. The molecule has 2 bridgehead atoms. The van der Waals surface area contributed by atoms with E-state index >= 15 is 0 Å². The number of piperidine rings is 3. The van der Waals surface area contributed by atoms with Crippen LogP contribution in [-0.4, -0.2) is 55.1 Å². The highest BCUT2D eigenvalue weighted by Crippen LogP contribution is 2.37. The summed E-state index contributed by atoms with van der Waals surface area (Å²) in [5.41, 5.74) is 0.0918. The van der Waals surface area contributed by atoms with Crippen molar-refractivity contribution < 1.29 is 36.0 Å². The van der Waals surface area contributed by atoms with Crippen molar-refractivity contribution in [2.45, 2.75) is 57.2 Å². The van der Waals surface area contributed by atoms with Gasteiger partial charge in [-0.15, -0.1) is 0 Å². The molecule has 182 valence electrons. The van der Waals surface area contributed by atoms with Crippen molar-refractivity contribution in [1.29, 1.82) is 0 Å². The maximum absolute atomic E-state index is 11.5. The van der Waals surface area contributed by atoms with Gasteiger partial charge in [-0.3, -0.25) is 0 Å². The summed E-state index contributed by atoms with van der Waals surface area (Å²) in [6.45, 7) is 8.09. The summed E-state index contributed by atoms with van der Waals surface area (Å²) in [5.74, 6) is 1.60. The van der Waals surface area contributed by atoms with E-state index in [0.717, 1.165) is 61.2 Å². The van der Waals surface area contributed by atoms with Crippen molar-refractivity contribution in [2.24, 2.45) is 5.92 Å². The number of aliphatic hydroxyl groups is 1. The van der Waals surface area contributed by atoms with Crippen LogP contribution in [-0.2, 0) is 10.3 Å². The van der Waals surface area contributed by atoms with E-state index in [1.165, 1.54) is 25.9 Å². The molecule has 1 N–H and O–H groups in total. The Bertz CT molecular complexity index is 810. The predicted octanol–water partition coefficient (Wildman–Crippen LogP) is 2.16. The van der Waals surface area contributed by atoms with Crippen molar-refractivity contribution in [2.75, 3.05) is 39.4 Å². The Morgan fingerprint density at radius 1 is 0.970 bits per heavy atom. The van der Waals surface area contributed by atoms with Gasteiger partial charge in [0.2, 0.25) is 0 Å². The molecule has 2 unspecified atom stereocenters. The van der Waals surface area contributed by atoms with Gasteiger partial charge in [0.1, 0.15) is 24.0 Å². The number of ether oxygens (including phenoxy) is 2. The summed E-state index contributed by atoms with van der Waals surface area (Å²) in [5, 5.41) is 11.5. The summed E-state index contributed by atoms with van der Waals surface area (Å²) in [7, 11) is 0. The third kappa shape index (κ3) is 6.82. The molecule has 0 aromatic heterocycles. The predicted molar refractivity (Wildman–Crippen MR) is 129 cm³/mol. The first-order valence-corrected chi connectivity index (χ1v) is 12.5. The van der Waals surface area contributed by atoms with Crippen molar-refractivity contribution in [1.82, 2.24) is 0 Å². The van der Waals surface area contributed by atoms with E-state index in [4.69, 9.17) is 9.47 Å². The Hall–Kier alpha value is -1.40. The Morgan fingerprint density at radius 3 is 2.30 bits per heavy atom. The molecule has 0 saturated carbocycles. The molecular weight excluding hydrogens is 478 g/mol. The van der Waals surface area contributed by atoms with Crippen molar-refractivity contribution in [3.8, 4) is 5.75 Å². The average Bonchev–Trinajstić information content (AvgIpc) is 2.86. The zero-order chi connectivity index (χ0) is 22.3. The molecular formula is C28H40BrNO3. The number of fused-ring (bicyclic) bond motifs is 3. The summed E-state index contributed by atoms with van der Waals surface area (Å²) in [6, 6.07) is 20.2. The van der Waals surface area contributed by atoms with Crippen LogP contribution in [0.2, 0.25) is 0 Å². The maximum atomic E-state index is 11.5. The molecule has 2 atom stereocenters. The fourth-order valence-electron chi connectivity index (χ4n) is 5.59. The maximum Gasteiger partial charge on any atom is 0.119 e. The van der Waals surface area contributed by atoms with Gasteiger partial charge in [0.15, 0.2) is 0 Å². The number of unbranched alkanes of at least 4 members (excludes halogenated alkanes) is 1. The minimum atomic E-state index is -0.891. The number of rotatable bonds is 12. The number of para-hydroxylation sites is 1. The molecule has 3 aliphatic rings. The van der Waals surface area contributed by atoms with Gasteiger partial charge in [-0.1, -0.05) is 68.3 Å². The number of benzene rings is 2. The lowest BCUT2D eigenvalue weighted by Crippen LogP contribution is -3.00. The van der Waals surface area contributed by atoms with Crippen LogP contribution in [0, 0.1) is 5.92 Å². The van der Waals surface area contributed by atoms with E-state index < -0.39 is 5.60 Å². The minimum Gasteiger partial charge on any atom is -1.00 e. The van der Waals surface area contributed by atoms with Crippen LogP contribution in [0.15, 0.2) is 60.7 Å². The van der Waals surface area contributed by atoms with Crippen LogP contribution in [0.3, 0.4) is 0 Å². The summed E-state index contributed by atoms with van der Waals surface area (Å²) >= 11 is 0. The molecule has 3 fully saturated rings. The second kappa shape index (κ2) is 12.3. The lowest BCUT2D eigenvalue weighted by Gasteiger charge is -2.52. The molecule has 5 rings (SSSR count). The zero-order valence-electron chi connectivity index (χ0n) is 20.0. The summed E-state index contributed by atoms with van der Waals surface area (Å²) in [4.78, 5) is 0. The number of hydrogen-bond donors (Lipinski definition) is 1. The van der Waals surface area contributed by atoms with E-state index in [1.54, 1.807) is 0 Å². The summed E-state index contributed by atoms with van der Waals surface area (Å²) in [6.07, 6.45) is 6.63. The van der Waals surface area contributed by atoms with Crippen molar-refractivity contribution in [3.63, 3.8) is 0 Å². The fraction of sp³-hybridized carbons (Fsp3) is 0.571. The third-order valence-corrected chi connectivity index (χ3v) is 7.62. The van der Waals surface area contributed by atoms with Gasteiger partial charge in [0.25, 0.3) is 0 Å². The Labute approximate surface area is 210 Å². The fourth-order valence-corrected chi connectivity index (χ4v) is 5.59. The molecule has 0 amide bonds. The van der Waals surface area contributed by atoms with Crippen molar-refractivity contribution in [3.05, 3.63) is 66.2 Å². The van der Waals surface area contributed by atoms with Gasteiger partial charge >= 0.3 is 0 Å². The molecule has 2 aromatic carbocycles. The minimum absolute atomic E-state index is 0. The molecule has 0 radical (unpaired) electrons. The number of nitrogens with zero attached hydrogens (tertiary/aromatic N) is 1.